The summed E-state index contributed by atoms with van der Waals surface area (Å²) in [4.78, 5) is 30.4. The number of aryl methyl sites for hydroxylation is 2. The van der Waals surface area contributed by atoms with Gasteiger partial charge in [0.15, 0.2) is 11.6 Å². The van der Waals surface area contributed by atoms with Crippen molar-refractivity contribution in [3.8, 4) is 11.6 Å². The highest BCUT2D eigenvalue weighted by molar-refractivity contribution is 6.04. The Morgan fingerprint density at radius 3 is 2.83 bits per heavy atom. The van der Waals surface area contributed by atoms with Crippen molar-refractivity contribution in [2.24, 2.45) is 0 Å². The zero-order chi connectivity index (χ0) is 17.3. The van der Waals surface area contributed by atoms with E-state index >= 15 is 0 Å². The Morgan fingerprint density at radius 2 is 2.17 bits per heavy atom. The van der Waals surface area contributed by atoms with Crippen molar-refractivity contribution in [2.75, 3.05) is 5.32 Å². The van der Waals surface area contributed by atoms with E-state index in [1.54, 1.807) is 26.0 Å². The van der Waals surface area contributed by atoms with Gasteiger partial charge in [0.05, 0.1) is 16.2 Å². The van der Waals surface area contributed by atoms with Gasteiger partial charge in [-0.3, -0.25) is 30.3 Å². The zero-order valence-corrected chi connectivity index (χ0v) is 12.7. The molecule has 0 saturated heterocycles. The van der Waals surface area contributed by atoms with Crippen LogP contribution < -0.4 is 5.32 Å². The number of amides is 1. The molecule has 3 aromatic heterocycles. The van der Waals surface area contributed by atoms with Crippen LogP contribution in [0.25, 0.3) is 11.6 Å². The van der Waals surface area contributed by atoms with Crippen molar-refractivity contribution >= 4 is 17.5 Å². The maximum atomic E-state index is 12.3. The number of carbonyl (C=O) groups is 1. The molecule has 1 amide bonds. The van der Waals surface area contributed by atoms with Crippen LogP contribution in [-0.2, 0) is 0 Å². The van der Waals surface area contributed by atoms with Crippen LogP contribution in [0.5, 0.6) is 0 Å². The zero-order valence-electron chi connectivity index (χ0n) is 12.7. The number of rotatable bonds is 4. The van der Waals surface area contributed by atoms with Crippen LogP contribution in [0.15, 0.2) is 28.8 Å². The quantitative estimate of drug-likeness (QED) is 0.552. The van der Waals surface area contributed by atoms with Crippen LogP contribution >= 0.6 is 0 Å². The van der Waals surface area contributed by atoms with E-state index in [1.807, 2.05) is 0 Å². The van der Waals surface area contributed by atoms with Gasteiger partial charge in [0.25, 0.3) is 11.6 Å². The normalized spacial score (nSPS) is 10.6. The van der Waals surface area contributed by atoms with E-state index in [0.717, 1.165) is 12.3 Å². The Kier molecular flexibility index (Phi) is 3.78. The van der Waals surface area contributed by atoms with Crippen molar-refractivity contribution < 1.29 is 14.1 Å². The van der Waals surface area contributed by atoms with Crippen molar-refractivity contribution in [3.63, 3.8) is 0 Å². The second-order valence-electron chi connectivity index (χ2n) is 4.96. The molecule has 0 bridgehead atoms. The number of carbonyl (C=O) groups excluding carboxylic acids is 1. The van der Waals surface area contributed by atoms with E-state index < -0.39 is 10.8 Å². The topological polar surface area (TPSA) is 140 Å². The molecule has 3 aromatic rings. The summed E-state index contributed by atoms with van der Waals surface area (Å²) in [5.74, 6) is 0.978. The van der Waals surface area contributed by atoms with E-state index in [2.05, 4.69) is 25.5 Å². The van der Waals surface area contributed by atoms with Crippen LogP contribution in [-0.4, -0.2) is 31.0 Å². The molecule has 122 valence electrons. The van der Waals surface area contributed by atoms with Gasteiger partial charge in [0, 0.05) is 6.07 Å². The molecule has 3 rings (SSSR count). The number of aromatic nitrogens is 4. The molecule has 10 nitrogen and oxygen atoms in total. The maximum Gasteiger partial charge on any atom is 0.288 e. The van der Waals surface area contributed by atoms with Crippen LogP contribution in [0, 0.1) is 24.0 Å². The first-order chi connectivity index (χ1) is 11.4. The molecule has 0 aliphatic heterocycles. The van der Waals surface area contributed by atoms with E-state index in [0.29, 0.717) is 23.0 Å². The molecule has 0 unspecified atom stereocenters. The Morgan fingerprint density at radius 1 is 1.38 bits per heavy atom. The highest BCUT2D eigenvalue weighted by Crippen LogP contribution is 2.20. The first-order valence-corrected chi connectivity index (χ1v) is 6.85. The summed E-state index contributed by atoms with van der Waals surface area (Å²) < 4.78 is 5.40. The summed E-state index contributed by atoms with van der Waals surface area (Å²) in [7, 11) is 0. The number of nitro groups is 1. The summed E-state index contributed by atoms with van der Waals surface area (Å²) in [6.45, 7) is 3.37. The predicted molar refractivity (Wildman–Crippen MR) is 82.4 cm³/mol. The summed E-state index contributed by atoms with van der Waals surface area (Å²) >= 11 is 0. The van der Waals surface area contributed by atoms with Crippen LogP contribution in [0.3, 0.4) is 0 Å². The summed E-state index contributed by atoms with van der Waals surface area (Å²) in [5, 5.41) is 19.8. The van der Waals surface area contributed by atoms with Crippen LogP contribution in [0.2, 0.25) is 0 Å². The maximum absolute atomic E-state index is 12.3. The number of H-pyrrole nitrogens is 1. The molecule has 0 fully saturated rings. The number of hydrogen-bond acceptors (Lipinski definition) is 7. The molecule has 0 atom stereocenters. The lowest BCUT2D eigenvalue weighted by atomic mass is 10.2. The van der Waals surface area contributed by atoms with Gasteiger partial charge in [0.1, 0.15) is 12.0 Å². The number of pyridine rings is 1. The standard InChI is InChI=1S/C14H12N6O4/c1-7-3-4-11(24-7)12-16-14(19-18-12)17-13(21)10-5-9(20(22)23)6-15-8(10)2/h3-6H,1-2H3,(H2,16,17,18,19,21). The monoisotopic (exact) mass is 328 g/mol. The Bertz CT molecular complexity index is 929. The lowest BCUT2D eigenvalue weighted by Crippen LogP contribution is -2.15. The van der Waals surface area contributed by atoms with Crippen molar-refractivity contribution in [3.05, 3.63) is 51.5 Å². The van der Waals surface area contributed by atoms with Gasteiger partial charge in [-0.15, -0.1) is 5.10 Å². The number of nitrogens with zero attached hydrogens (tertiary/aromatic N) is 4. The minimum atomic E-state index is -0.618. The third-order valence-corrected chi connectivity index (χ3v) is 3.21. The number of furan rings is 1. The van der Waals surface area contributed by atoms with Crippen LogP contribution in [0.1, 0.15) is 21.8 Å². The average molecular weight is 328 g/mol. The van der Waals surface area contributed by atoms with Crippen molar-refractivity contribution in [2.45, 2.75) is 13.8 Å². The Hall–Kier alpha value is -3.56. The number of hydrogen-bond donors (Lipinski definition) is 2. The second kappa shape index (κ2) is 5.91. The molecule has 0 saturated carbocycles. The number of nitrogens with one attached hydrogen (secondary N) is 2. The smallest absolute Gasteiger partial charge is 0.288 e. The van der Waals surface area contributed by atoms with Crippen molar-refractivity contribution in [1.29, 1.82) is 0 Å². The Balaban J connectivity index is 1.82. The predicted octanol–water partition coefficient (Wildman–Crippen LogP) is 2.24. The molecule has 0 aliphatic rings. The highest BCUT2D eigenvalue weighted by Gasteiger charge is 2.18. The van der Waals surface area contributed by atoms with Crippen LogP contribution in [0.4, 0.5) is 11.6 Å². The second-order valence-corrected chi connectivity index (χ2v) is 4.96. The lowest BCUT2D eigenvalue weighted by molar-refractivity contribution is -0.385. The molecule has 0 aliphatic carbocycles. The molecule has 3 heterocycles. The SMILES string of the molecule is Cc1ccc(-c2nc(NC(=O)c3cc([N+](=O)[O-])cnc3C)n[nH]2)o1. The molecule has 10 heteroatoms. The van der Waals surface area contributed by atoms with Gasteiger partial charge < -0.3 is 4.42 Å². The fraction of sp³-hybridized carbons (Fsp3) is 0.143. The number of aromatic amines is 1. The fourth-order valence-corrected chi connectivity index (χ4v) is 2.01. The minimum absolute atomic E-state index is 0.0231. The molecule has 24 heavy (non-hydrogen) atoms. The first-order valence-electron chi connectivity index (χ1n) is 6.85. The molecular weight excluding hydrogens is 316 g/mol. The molecule has 2 N–H and O–H groups in total. The van der Waals surface area contributed by atoms with E-state index in [-0.39, 0.29) is 17.2 Å². The summed E-state index contributed by atoms with van der Waals surface area (Å²) in [6.07, 6.45) is 1.09. The third-order valence-electron chi connectivity index (χ3n) is 3.21. The van der Waals surface area contributed by atoms with E-state index in [9.17, 15) is 14.9 Å². The average Bonchev–Trinajstić information content (AvgIpc) is 3.16. The summed E-state index contributed by atoms with van der Waals surface area (Å²) in [6, 6.07) is 4.64. The fourth-order valence-electron chi connectivity index (χ4n) is 2.01. The van der Waals surface area contributed by atoms with E-state index in [4.69, 9.17) is 4.42 Å². The minimum Gasteiger partial charge on any atom is -0.458 e. The first kappa shape index (κ1) is 15.3. The Labute approximate surface area is 135 Å². The third kappa shape index (κ3) is 2.97. The van der Waals surface area contributed by atoms with Gasteiger partial charge in [-0.2, -0.15) is 4.98 Å². The van der Waals surface area contributed by atoms with Gasteiger partial charge in [-0.05, 0) is 26.0 Å². The molecule has 0 aromatic carbocycles. The molecule has 0 radical (unpaired) electrons. The number of anilines is 1. The van der Waals surface area contributed by atoms with Crippen molar-refractivity contribution in [1.82, 2.24) is 20.2 Å². The molecular formula is C14H12N6O4. The van der Waals surface area contributed by atoms with Gasteiger partial charge in [-0.1, -0.05) is 0 Å². The summed E-state index contributed by atoms with van der Waals surface area (Å²) in [5.41, 5.74) is 0.160. The molecule has 0 spiro atoms. The van der Waals surface area contributed by atoms with Gasteiger partial charge in [-0.25, -0.2) is 0 Å². The lowest BCUT2D eigenvalue weighted by Gasteiger charge is -2.03. The largest absolute Gasteiger partial charge is 0.458 e. The van der Waals surface area contributed by atoms with Gasteiger partial charge >= 0.3 is 0 Å². The van der Waals surface area contributed by atoms with E-state index in [1.165, 1.54) is 0 Å². The highest BCUT2D eigenvalue weighted by atomic mass is 16.6. The van der Waals surface area contributed by atoms with Gasteiger partial charge in [0.2, 0.25) is 5.95 Å².